The van der Waals surface area contributed by atoms with Gasteiger partial charge in [0.1, 0.15) is 11.5 Å². The summed E-state index contributed by atoms with van der Waals surface area (Å²) in [4.78, 5) is 0. The first kappa shape index (κ1) is 15.4. The van der Waals surface area contributed by atoms with Crippen LogP contribution >= 0.6 is 0 Å². The zero-order chi connectivity index (χ0) is 14.1. The molecule has 0 saturated heterocycles. The van der Waals surface area contributed by atoms with Crippen molar-refractivity contribution in [3.63, 3.8) is 0 Å². The van der Waals surface area contributed by atoms with Gasteiger partial charge >= 0.3 is 0 Å². The average Bonchev–Trinajstić information content (AvgIpc) is 2.47. The molecule has 0 aliphatic heterocycles. The first-order chi connectivity index (χ1) is 9.26. The van der Waals surface area contributed by atoms with Gasteiger partial charge in [-0.1, -0.05) is 13.0 Å². The number of hydrogen-bond donors (Lipinski definition) is 1. The molecular weight excluding hydrogens is 238 g/mol. The molecule has 0 aliphatic rings. The van der Waals surface area contributed by atoms with Crippen LogP contribution in [0, 0.1) is 11.8 Å². The van der Waals surface area contributed by atoms with E-state index in [9.17, 15) is 0 Å². The van der Waals surface area contributed by atoms with E-state index < -0.39 is 0 Å². The van der Waals surface area contributed by atoms with Crippen molar-refractivity contribution in [3.8, 4) is 23.3 Å². The van der Waals surface area contributed by atoms with Crippen LogP contribution < -0.4 is 14.8 Å². The molecule has 1 N–H and O–H groups in total. The molecule has 19 heavy (non-hydrogen) atoms. The number of hydrogen-bond acceptors (Lipinski definition) is 3. The highest BCUT2D eigenvalue weighted by Crippen LogP contribution is 2.30. The van der Waals surface area contributed by atoms with E-state index in [4.69, 9.17) is 9.47 Å². The SMILES string of the molecule is CC#CCC(NCCC)c1ccc(OC)cc1OC. The van der Waals surface area contributed by atoms with Crippen LogP contribution in [0.15, 0.2) is 18.2 Å². The Morgan fingerprint density at radius 1 is 1.26 bits per heavy atom. The lowest BCUT2D eigenvalue weighted by Gasteiger charge is -2.19. The molecule has 0 saturated carbocycles. The van der Waals surface area contributed by atoms with Crippen molar-refractivity contribution in [2.75, 3.05) is 20.8 Å². The lowest BCUT2D eigenvalue weighted by atomic mass is 10.0. The molecular formula is C16H23NO2. The highest BCUT2D eigenvalue weighted by molar-refractivity contribution is 5.43. The molecule has 0 heterocycles. The summed E-state index contributed by atoms with van der Waals surface area (Å²) in [5, 5.41) is 3.51. The molecule has 1 atom stereocenters. The van der Waals surface area contributed by atoms with Gasteiger partial charge in [0, 0.05) is 24.1 Å². The second kappa shape index (κ2) is 8.44. The van der Waals surface area contributed by atoms with Crippen molar-refractivity contribution in [2.45, 2.75) is 32.7 Å². The maximum atomic E-state index is 5.46. The smallest absolute Gasteiger partial charge is 0.127 e. The summed E-state index contributed by atoms with van der Waals surface area (Å²) in [6.07, 6.45) is 1.87. The molecule has 3 heteroatoms. The quantitative estimate of drug-likeness (QED) is 0.765. The largest absolute Gasteiger partial charge is 0.497 e. The molecule has 1 aromatic rings. The Balaban J connectivity index is 3.00. The minimum absolute atomic E-state index is 0.188. The van der Waals surface area contributed by atoms with Gasteiger partial charge in [-0.3, -0.25) is 0 Å². The molecule has 0 aromatic heterocycles. The number of ether oxygens (including phenoxy) is 2. The van der Waals surface area contributed by atoms with Crippen LogP contribution in [-0.2, 0) is 0 Å². The van der Waals surface area contributed by atoms with E-state index in [2.05, 4.69) is 24.1 Å². The Bertz CT molecular complexity index is 446. The number of nitrogens with one attached hydrogen (secondary N) is 1. The summed E-state index contributed by atoms with van der Waals surface area (Å²) in [5.74, 6) is 7.73. The van der Waals surface area contributed by atoms with E-state index in [1.807, 2.05) is 25.1 Å². The molecule has 1 unspecified atom stereocenters. The van der Waals surface area contributed by atoms with Crippen molar-refractivity contribution in [2.24, 2.45) is 0 Å². The summed E-state index contributed by atoms with van der Waals surface area (Å²) < 4.78 is 10.7. The predicted molar refractivity (Wildman–Crippen MR) is 78.6 cm³/mol. The lowest BCUT2D eigenvalue weighted by molar-refractivity contribution is 0.384. The minimum Gasteiger partial charge on any atom is -0.497 e. The molecule has 0 radical (unpaired) electrons. The third-order valence-corrected chi connectivity index (χ3v) is 2.94. The topological polar surface area (TPSA) is 30.5 Å². The molecule has 0 aliphatic carbocycles. The number of rotatable bonds is 7. The third kappa shape index (κ3) is 4.50. The van der Waals surface area contributed by atoms with Crippen LogP contribution in [0.1, 0.15) is 38.3 Å². The van der Waals surface area contributed by atoms with Gasteiger partial charge in [0.2, 0.25) is 0 Å². The molecule has 0 amide bonds. The zero-order valence-electron chi connectivity index (χ0n) is 12.2. The summed E-state index contributed by atoms with van der Waals surface area (Å²) in [5.41, 5.74) is 1.12. The van der Waals surface area contributed by atoms with Crippen molar-refractivity contribution in [1.29, 1.82) is 0 Å². The predicted octanol–water partition coefficient (Wildman–Crippen LogP) is 3.16. The summed E-state index contributed by atoms with van der Waals surface area (Å²) in [6, 6.07) is 6.10. The standard InChI is InChI=1S/C16H23NO2/c1-5-7-8-15(17-11-6-2)14-10-9-13(18-3)12-16(14)19-4/h9-10,12,15,17H,6,8,11H2,1-4H3. The third-order valence-electron chi connectivity index (χ3n) is 2.94. The van der Waals surface area contributed by atoms with E-state index in [1.54, 1.807) is 14.2 Å². The molecule has 0 fully saturated rings. The van der Waals surface area contributed by atoms with E-state index >= 15 is 0 Å². The maximum absolute atomic E-state index is 5.46. The maximum Gasteiger partial charge on any atom is 0.127 e. The van der Waals surface area contributed by atoms with Crippen LogP contribution in [0.4, 0.5) is 0 Å². The Labute approximate surface area is 116 Å². The van der Waals surface area contributed by atoms with Gasteiger partial charge in [-0.25, -0.2) is 0 Å². The number of benzene rings is 1. The summed E-state index contributed by atoms with van der Waals surface area (Å²) in [6.45, 7) is 4.98. The van der Waals surface area contributed by atoms with E-state index in [0.717, 1.165) is 36.4 Å². The molecule has 1 rings (SSSR count). The molecule has 0 spiro atoms. The average molecular weight is 261 g/mol. The summed E-state index contributed by atoms with van der Waals surface area (Å²) >= 11 is 0. The fraction of sp³-hybridized carbons (Fsp3) is 0.500. The van der Waals surface area contributed by atoms with Crippen LogP contribution in [0.2, 0.25) is 0 Å². The van der Waals surface area contributed by atoms with Crippen LogP contribution in [0.3, 0.4) is 0 Å². The van der Waals surface area contributed by atoms with E-state index in [0.29, 0.717) is 0 Å². The van der Waals surface area contributed by atoms with Crippen LogP contribution in [-0.4, -0.2) is 20.8 Å². The summed E-state index contributed by atoms with van der Waals surface area (Å²) in [7, 11) is 3.34. The van der Waals surface area contributed by atoms with Crippen LogP contribution in [0.5, 0.6) is 11.5 Å². The lowest BCUT2D eigenvalue weighted by Crippen LogP contribution is -2.22. The fourth-order valence-corrected chi connectivity index (χ4v) is 1.92. The second-order valence-electron chi connectivity index (χ2n) is 4.25. The molecule has 104 valence electrons. The molecule has 0 bridgehead atoms. The van der Waals surface area contributed by atoms with Gasteiger partial charge in [0.25, 0.3) is 0 Å². The van der Waals surface area contributed by atoms with Gasteiger partial charge in [0.05, 0.1) is 14.2 Å². The van der Waals surface area contributed by atoms with Crippen molar-refractivity contribution < 1.29 is 9.47 Å². The Hall–Kier alpha value is -1.66. The van der Waals surface area contributed by atoms with Crippen LogP contribution in [0.25, 0.3) is 0 Å². The van der Waals surface area contributed by atoms with Crippen molar-refractivity contribution >= 4 is 0 Å². The highest BCUT2D eigenvalue weighted by Gasteiger charge is 2.15. The Morgan fingerprint density at radius 2 is 2.05 bits per heavy atom. The molecule has 1 aromatic carbocycles. The monoisotopic (exact) mass is 261 g/mol. The molecule has 3 nitrogen and oxygen atoms in total. The Kier molecular flexibility index (Phi) is 6.84. The zero-order valence-corrected chi connectivity index (χ0v) is 12.2. The van der Waals surface area contributed by atoms with Gasteiger partial charge < -0.3 is 14.8 Å². The van der Waals surface area contributed by atoms with Gasteiger partial charge in [-0.15, -0.1) is 11.8 Å². The highest BCUT2D eigenvalue weighted by atomic mass is 16.5. The fourth-order valence-electron chi connectivity index (χ4n) is 1.92. The second-order valence-corrected chi connectivity index (χ2v) is 4.25. The van der Waals surface area contributed by atoms with Crippen molar-refractivity contribution in [1.82, 2.24) is 5.32 Å². The Morgan fingerprint density at radius 3 is 2.63 bits per heavy atom. The number of methoxy groups -OCH3 is 2. The van der Waals surface area contributed by atoms with E-state index in [-0.39, 0.29) is 6.04 Å². The van der Waals surface area contributed by atoms with Gasteiger partial charge in [-0.2, -0.15) is 0 Å². The first-order valence-electron chi connectivity index (χ1n) is 6.61. The first-order valence-corrected chi connectivity index (χ1v) is 6.61. The van der Waals surface area contributed by atoms with Gasteiger partial charge in [0.15, 0.2) is 0 Å². The minimum atomic E-state index is 0.188. The van der Waals surface area contributed by atoms with Gasteiger partial charge in [-0.05, 0) is 26.0 Å². The van der Waals surface area contributed by atoms with Crippen molar-refractivity contribution in [3.05, 3.63) is 23.8 Å². The normalized spacial score (nSPS) is 11.4. The van der Waals surface area contributed by atoms with E-state index in [1.165, 1.54) is 0 Å².